The van der Waals surface area contributed by atoms with Crippen LogP contribution in [-0.4, -0.2) is 27.7 Å². The predicted molar refractivity (Wildman–Crippen MR) is 68.6 cm³/mol. The molecule has 0 radical (unpaired) electrons. The number of aliphatic hydroxyl groups excluding tert-OH is 1. The monoisotopic (exact) mass is 237 g/mol. The van der Waals surface area contributed by atoms with E-state index in [1.807, 2.05) is 6.92 Å². The highest BCUT2D eigenvalue weighted by atomic mass is 16.3. The Morgan fingerprint density at radius 3 is 2.41 bits per heavy atom. The predicted octanol–water partition coefficient (Wildman–Crippen LogP) is 1.84. The summed E-state index contributed by atoms with van der Waals surface area (Å²) in [4.78, 5) is 8.61. The standard InChI is InChI=1S/C13H23N3O/c1-9(2)12(5-8-17)16-11(4)13-10(3)14-6-7-15-13/h6-7,9,11-12,16-17H,5,8H2,1-4H3. The van der Waals surface area contributed by atoms with E-state index in [0.29, 0.717) is 12.0 Å². The molecule has 17 heavy (non-hydrogen) atoms. The number of hydrogen-bond acceptors (Lipinski definition) is 4. The van der Waals surface area contributed by atoms with Gasteiger partial charge in [-0.2, -0.15) is 0 Å². The van der Waals surface area contributed by atoms with Crippen molar-refractivity contribution in [3.63, 3.8) is 0 Å². The van der Waals surface area contributed by atoms with Crippen LogP contribution in [0, 0.1) is 12.8 Å². The fourth-order valence-corrected chi connectivity index (χ4v) is 1.99. The molecule has 0 bridgehead atoms. The van der Waals surface area contributed by atoms with Crippen LogP contribution in [0.1, 0.15) is 44.6 Å². The lowest BCUT2D eigenvalue weighted by atomic mass is 9.99. The minimum absolute atomic E-state index is 0.155. The molecule has 1 heterocycles. The largest absolute Gasteiger partial charge is 0.396 e. The van der Waals surface area contributed by atoms with Crippen LogP contribution in [-0.2, 0) is 0 Å². The molecule has 0 amide bonds. The Morgan fingerprint density at radius 2 is 1.88 bits per heavy atom. The average molecular weight is 237 g/mol. The molecule has 1 rings (SSSR count). The van der Waals surface area contributed by atoms with Crippen molar-refractivity contribution in [2.45, 2.75) is 46.2 Å². The number of nitrogens with zero attached hydrogens (tertiary/aromatic N) is 2. The van der Waals surface area contributed by atoms with Gasteiger partial charge in [0.05, 0.1) is 11.4 Å². The van der Waals surface area contributed by atoms with Gasteiger partial charge in [-0.05, 0) is 26.2 Å². The van der Waals surface area contributed by atoms with Gasteiger partial charge in [-0.15, -0.1) is 0 Å². The molecule has 0 aliphatic rings. The minimum atomic E-state index is 0.155. The summed E-state index contributed by atoms with van der Waals surface area (Å²) in [5, 5.41) is 12.6. The zero-order valence-corrected chi connectivity index (χ0v) is 11.1. The lowest BCUT2D eigenvalue weighted by Crippen LogP contribution is -2.37. The first-order valence-corrected chi connectivity index (χ1v) is 6.20. The van der Waals surface area contributed by atoms with Crippen LogP contribution < -0.4 is 5.32 Å². The molecule has 2 atom stereocenters. The maximum absolute atomic E-state index is 9.06. The fraction of sp³-hybridized carbons (Fsp3) is 0.692. The third-order valence-electron chi connectivity index (χ3n) is 3.04. The Balaban J connectivity index is 2.70. The number of rotatable bonds is 6. The van der Waals surface area contributed by atoms with Crippen molar-refractivity contribution in [3.8, 4) is 0 Å². The van der Waals surface area contributed by atoms with Gasteiger partial charge in [0.2, 0.25) is 0 Å². The van der Waals surface area contributed by atoms with Gasteiger partial charge in [0.25, 0.3) is 0 Å². The first-order chi connectivity index (χ1) is 8.06. The summed E-state index contributed by atoms with van der Waals surface area (Å²) in [6.07, 6.45) is 4.19. The van der Waals surface area contributed by atoms with Crippen molar-refractivity contribution in [1.82, 2.24) is 15.3 Å². The lowest BCUT2D eigenvalue weighted by Gasteiger charge is -2.26. The first kappa shape index (κ1) is 14.1. The minimum Gasteiger partial charge on any atom is -0.396 e. The Bertz CT molecular complexity index is 341. The summed E-state index contributed by atoms with van der Waals surface area (Å²) in [6.45, 7) is 8.58. The molecule has 1 aromatic rings. The van der Waals surface area contributed by atoms with Crippen molar-refractivity contribution in [2.75, 3.05) is 6.61 Å². The van der Waals surface area contributed by atoms with Gasteiger partial charge in [-0.25, -0.2) is 0 Å². The van der Waals surface area contributed by atoms with Gasteiger partial charge in [0.15, 0.2) is 0 Å². The second-order valence-corrected chi connectivity index (χ2v) is 4.78. The van der Waals surface area contributed by atoms with E-state index >= 15 is 0 Å². The normalized spacial score (nSPS) is 14.9. The van der Waals surface area contributed by atoms with Crippen LogP contribution in [0.5, 0.6) is 0 Å². The van der Waals surface area contributed by atoms with Gasteiger partial charge in [-0.1, -0.05) is 13.8 Å². The first-order valence-electron chi connectivity index (χ1n) is 6.20. The van der Waals surface area contributed by atoms with Gasteiger partial charge < -0.3 is 10.4 Å². The summed E-state index contributed by atoms with van der Waals surface area (Å²) < 4.78 is 0. The number of aromatic nitrogens is 2. The number of nitrogens with one attached hydrogen (secondary N) is 1. The molecular weight excluding hydrogens is 214 g/mol. The third kappa shape index (κ3) is 4.06. The van der Waals surface area contributed by atoms with Crippen LogP contribution in [0.25, 0.3) is 0 Å². The molecule has 0 saturated heterocycles. The number of hydrogen-bond donors (Lipinski definition) is 2. The Kier molecular flexibility index (Phi) is 5.51. The van der Waals surface area contributed by atoms with E-state index in [1.54, 1.807) is 12.4 Å². The summed E-state index contributed by atoms with van der Waals surface area (Å²) >= 11 is 0. The average Bonchev–Trinajstić information content (AvgIpc) is 2.28. The Labute approximate surface area is 103 Å². The van der Waals surface area contributed by atoms with Crippen LogP contribution in [0.15, 0.2) is 12.4 Å². The lowest BCUT2D eigenvalue weighted by molar-refractivity contribution is 0.236. The number of aliphatic hydroxyl groups is 1. The highest BCUT2D eigenvalue weighted by Crippen LogP contribution is 2.16. The summed E-state index contributed by atoms with van der Waals surface area (Å²) in [5.41, 5.74) is 1.94. The van der Waals surface area contributed by atoms with Gasteiger partial charge in [-0.3, -0.25) is 9.97 Å². The van der Waals surface area contributed by atoms with Crippen molar-refractivity contribution < 1.29 is 5.11 Å². The number of aryl methyl sites for hydroxylation is 1. The second-order valence-electron chi connectivity index (χ2n) is 4.78. The zero-order valence-electron chi connectivity index (χ0n) is 11.1. The Hall–Kier alpha value is -1.00. The van der Waals surface area contributed by atoms with E-state index in [0.717, 1.165) is 17.8 Å². The van der Waals surface area contributed by atoms with Crippen LogP contribution >= 0.6 is 0 Å². The van der Waals surface area contributed by atoms with Crippen molar-refractivity contribution in [1.29, 1.82) is 0 Å². The summed E-state index contributed by atoms with van der Waals surface area (Å²) in [6, 6.07) is 0.457. The molecule has 96 valence electrons. The van der Waals surface area contributed by atoms with E-state index in [1.165, 1.54) is 0 Å². The SMILES string of the molecule is Cc1nccnc1C(C)NC(CCO)C(C)C. The van der Waals surface area contributed by atoms with Gasteiger partial charge in [0, 0.05) is 31.1 Å². The molecule has 2 unspecified atom stereocenters. The fourth-order valence-electron chi connectivity index (χ4n) is 1.99. The second kappa shape index (κ2) is 6.67. The van der Waals surface area contributed by atoms with Gasteiger partial charge in [0.1, 0.15) is 0 Å². The summed E-state index contributed by atoms with van der Waals surface area (Å²) in [5.74, 6) is 0.488. The van der Waals surface area contributed by atoms with Crippen LogP contribution in [0.4, 0.5) is 0 Å². The molecule has 0 aliphatic heterocycles. The molecule has 0 aliphatic carbocycles. The zero-order chi connectivity index (χ0) is 12.8. The molecule has 1 aromatic heterocycles. The molecule has 0 spiro atoms. The van der Waals surface area contributed by atoms with E-state index in [-0.39, 0.29) is 12.6 Å². The molecule has 4 heteroatoms. The molecule has 0 aromatic carbocycles. The van der Waals surface area contributed by atoms with Crippen LogP contribution in [0.3, 0.4) is 0 Å². The van der Waals surface area contributed by atoms with Crippen LogP contribution in [0.2, 0.25) is 0 Å². The van der Waals surface area contributed by atoms with E-state index in [9.17, 15) is 0 Å². The van der Waals surface area contributed by atoms with Crippen molar-refractivity contribution in [3.05, 3.63) is 23.8 Å². The topological polar surface area (TPSA) is 58.0 Å². The maximum Gasteiger partial charge on any atom is 0.0782 e. The highest BCUT2D eigenvalue weighted by molar-refractivity contribution is 5.12. The summed E-state index contributed by atoms with van der Waals surface area (Å²) in [7, 11) is 0. The van der Waals surface area contributed by atoms with Gasteiger partial charge >= 0.3 is 0 Å². The molecule has 4 nitrogen and oxygen atoms in total. The highest BCUT2D eigenvalue weighted by Gasteiger charge is 2.18. The maximum atomic E-state index is 9.06. The van der Waals surface area contributed by atoms with E-state index in [2.05, 4.69) is 36.1 Å². The van der Waals surface area contributed by atoms with E-state index in [4.69, 9.17) is 5.11 Å². The Morgan fingerprint density at radius 1 is 1.24 bits per heavy atom. The molecule has 0 fully saturated rings. The van der Waals surface area contributed by atoms with Crippen molar-refractivity contribution >= 4 is 0 Å². The molecular formula is C13H23N3O. The van der Waals surface area contributed by atoms with Crippen molar-refractivity contribution in [2.24, 2.45) is 5.92 Å². The molecule has 2 N–H and O–H groups in total. The smallest absolute Gasteiger partial charge is 0.0782 e. The third-order valence-corrected chi connectivity index (χ3v) is 3.04. The quantitative estimate of drug-likeness (QED) is 0.792. The van der Waals surface area contributed by atoms with E-state index < -0.39 is 0 Å². The molecule has 0 saturated carbocycles.